The van der Waals surface area contributed by atoms with Gasteiger partial charge >= 0.3 is 0 Å². The van der Waals surface area contributed by atoms with Crippen LogP contribution in [0.2, 0.25) is 0 Å². The van der Waals surface area contributed by atoms with E-state index in [4.69, 9.17) is 33.3 Å². The Balaban J connectivity index is 1.09. The molecule has 7 rings (SSSR count). The average molecular weight is 868 g/mol. The maximum atomic E-state index is 14.0. The van der Waals surface area contributed by atoms with Gasteiger partial charge in [-0.1, -0.05) is 12.1 Å². The molecule has 2 aromatic carbocycles. The van der Waals surface area contributed by atoms with E-state index in [2.05, 4.69) is 5.48 Å². The van der Waals surface area contributed by atoms with Crippen LogP contribution in [0.15, 0.2) is 18.2 Å². The topological polar surface area (TPSA) is 350 Å². The van der Waals surface area contributed by atoms with Crippen molar-refractivity contribution in [3.05, 3.63) is 51.6 Å². The van der Waals surface area contributed by atoms with E-state index in [9.17, 15) is 70.6 Å². The Morgan fingerprint density at radius 2 is 1.61 bits per heavy atom. The Bertz CT molecular complexity index is 2030. The second kappa shape index (κ2) is 17.1. The Morgan fingerprint density at radius 1 is 0.902 bits per heavy atom. The summed E-state index contributed by atoms with van der Waals surface area (Å²) in [5, 5.41) is 118. The number of carbonyl (C=O) groups is 3. The molecule has 5 aliphatic rings. The minimum atomic E-state index is -2.42. The summed E-state index contributed by atoms with van der Waals surface area (Å²) in [6.45, 7) is 0.111. The van der Waals surface area contributed by atoms with Gasteiger partial charge in [-0.3, -0.25) is 19.2 Å². The lowest BCUT2D eigenvalue weighted by molar-refractivity contribution is -0.385. The van der Waals surface area contributed by atoms with Crippen molar-refractivity contribution in [2.75, 3.05) is 26.9 Å². The zero-order chi connectivity index (χ0) is 44.5. The van der Waals surface area contributed by atoms with Gasteiger partial charge in [0, 0.05) is 36.0 Å². The third-order valence-electron chi connectivity index (χ3n) is 12.1. The molecule has 61 heavy (non-hydrogen) atoms. The van der Waals surface area contributed by atoms with Crippen LogP contribution in [0.25, 0.3) is 0 Å². The number of aliphatic hydroxyl groups excluding tert-OH is 8. The Morgan fingerprint density at radius 3 is 2.25 bits per heavy atom. The largest absolute Gasteiger partial charge is 0.507 e. The van der Waals surface area contributed by atoms with Crippen molar-refractivity contribution in [1.82, 2.24) is 5.48 Å². The zero-order valence-electron chi connectivity index (χ0n) is 33.0. The third-order valence-corrected chi connectivity index (χ3v) is 12.1. The van der Waals surface area contributed by atoms with Crippen molar-refractivity contribution in [1.29, 1.82) is 0 Å². The Hall–Kier alpha value is -3.79. The van der Waals surface area contributed by atoms with Gasteiger partial charge in [0.25, 0.3) is 0 Å². The highest BCUT2D eigenvalue weighted by atomic mass is 16.8. The average Bonchev–Trinajstić information content (AvgIpc) is 3.47. The van der Waals surface area contributed by atoms with E-state index in [1.54, 1.807) is 0 Å². The summed E-state index contributed by atoms with van der Waals surface area (Å²) in [4.78, 5) is 46.2. The minimum absolute atomic E-state index is 0.0403. The number of methoxy groups -OCH3 is 1. The van der Waals surface area contributed by atoms with Gasteiger partial charge in [0.15, 0.2) is 24.1 Å². The van der Waals surface area contributed by atoms with E-state index < -0.39 is 164 Å². The quantitative estimate of drug-likeness (QED) is 0.0614. The molecule has 3 heterocycles. The molecular formula is C39H49NO21. The summed E-state index contributed by atoms with van der Waals surface area (Å²) < 4.78 is 33.9. The van der Waals surface area contributed by atoms with Crippen LogP contribution in [0.1, 0.15) is 75.8 Å². The van der Waals surface area contributed by atoms with Gasteiger partial charge < -0.3 is 84.6 Å². The summed E-state index contributed by atoms with van der Waals surface area (Å²) in [7, 11) is 1.29. The normalized spacial score (nSPS) is 38.5. The number of hydrogen-bond donors (Lipinski definition) is 12. The fraction of sp³-hybridized carbons (Fsp3) is 0.615. The lowest BCUT2D eigenvalue weighted by atomic mass is 9.72. The van der Waals surface area contributed by atoms with Crippen molar-refractivity contribution in [2.24, 2.45) is 0 Å². The molecule has 0 amide bonds. The summed E-state index contributed by atoms with van der Waals surface area (Å²) in [6, 6.07) is 3.23. The number of hydrogen-bond acceptors (Lipinski definition) is 22. The first-order valence-electron chi connectivity index (χ1n) is 19.4. The van der Waals surface area contributed by atoms with E-state index >= 15 is 0 Å². The van der Waals surface area contributed by atoms with Crippen LogP contribution >= 0.6 is 0 Å². The molecule has 0 bridgehead atoms. The van der Waals surface area contributed by atoms with Crippen LogP contribution in [0.4, 0.5) is 0 Å². The van der Waals surface area contributed by atoms with Gasteiger partial charge in [-0.05, 0) is 19.9 Å². The number of rotatable bonds is 12. The molecule has 0 radical (unpaired) electrons. The van der Waals surface area contributed by atoms with Crippen LogP contribution in [0.5, 0.6) is 17.2 Å². The Labute approximate surface area is 346 Å². The lowest BCUT2D eigenvalue weighted by Gasteiger charge is -2.44. The van der Waals surface area contributed by atoms with Crippen LogP contribution in [0, 0.1) is 0 Å². The fourth-order valence-corrected chi connectivity index (χ4v) is 8.60. The first-order valence-corrected chi connectivity index (χ1v) is 19.4. The molecule has 22 nitrogen and oxygen atoms in total. The number of phenols is 2. The highest BCUT2D eigenvalue weighted by Gasteiger charge is 2.58. The Kier molecular flexibility index (Phi) is 12.7. The predicted octanol–water partition coefficient (Wildman–Crippen LogP) is -3.78. The van der Waals surface area contributed by atoms with Crippen LogP contribution in [0.3, 0.4) is 0 Å². The maximum Gasteiger partial charge on any atom is 0.224 e. The zero-order valence-corrected chi connectivity index (χ0v) is 33.0. The molecule has 3 aliphatic heterocycles. The molecule has 22 heteroatoms. The van der Waals surface area contributed by atoms with E-state index in [1.807, 2.05) is 0 Å². The number of Topliss-reactive ketones (excluding diaryl/α,β-unsaturated/α-hetero) is 1. The van der Waals surface area contributed by atoms with Crippen LogP contribution < -0.4 is 10.2 Å². The minimum Gasteiger partial charge on any atom is -0.507 e. The molecular weight excluding hydrogens is 818 g/mol. The van der Waals surface area contributed by atoms with Gasteiger partial charge in [0.05, 0.1) is 61.4 Å². The van der Waals surface area contributed by atoms with E-state index in [-0.39, 0.29) is 34.4 Å². The smallest absolute Gasteiger partial charge is 0.224 e. The summed E-state index contributed by atoms with van der Waals surface area (Å²) in [5.41, 5.74) is -1.30. The molecule has 3 fully saturated rings. The number of phenolic OH excluding ortho intramolecular Hbond substituents is 2. The molecule has 2 aromatic rings. The van der Waals surface area contributed by atoms with Crippen LogP contribution in [-0.2, 0) is 39.7 Å². The summed E-state index contributed by atoms with van der Waals surface area (Å²) in [6.07, 6.45) is -20.5. The molecule has 3 saturated heterocycles. The molecule has 0 spiro atoms. The van der Waals surface area contributed by atoms with Crippen LogP contribution in [-0.4, -0.2) is 185 Å². The molecule has 336 valence electrons. The van der Waals surface area contributed by atoms with E-state index in [1.165, 1.54) is 32.2 Å². The van der Waals surface area contributed by atoms with E-state index in [0.29, 0.717) is 0 Å². The summed E-state index contributed by atoms with van der Waals surface area (Å²) in [5.74, 6) is -6.24. The molecule has 0 saturated carbocycles. The molecule has 0 aromatic heterocycles. The van der Waals surface area contributed by atoms with Crippen molar-refractivity contribution < 1.29 is 104 Å². The highest BCUT2D eigenvalue weighted by Crippen LogP contribution is 2.52. The molecule has 15 atom stereocenters. The summed E-state index contributed by atoms with van der Waals surface area (Å²) >= 11 is 0. The number of aromatic hydroxyl groups is 2. The van der Waals surface area contributed by atoms with Gasteiger partial charge in [-0.25, -0.2) is 0 Å². The van der Waals surface area contributed by atoms with Crippen molar-refractivity contribution in [2.45, 2.75) is 124 Å². The standard InChI is InChI=1S/C39H49NO21/c1-13-27(44)17(40-56-11-21-30(47)34(51)35(52)37(59-21)61-39(12-42)36(53)31(48)20(10-41)60-39)7-22(57-13)58-19-9-38(54,14(2)43)8-16-24(19)33(50)26-25(29(16)46)28(45)15-5-4-6-18(55-3)23(15)32(26)49/h4-6,13,17,19-22,27,30-31,34-37,40-42,44,46-48,50-54H,7-12H2,1-3H3/t13?,17?,19-,20+,21+,22?,27?,30+,31+,34-,35+,36-,37+,38-,39-/m0/s1. The maximum absolute atomic E-state index is 14.0. The van der Waals surface area contributed by atoms with Gasteiger partial charge in [-0.15, -0.1) is 0 Å². The van der Waals surface area contributed by atoms with Crippen molar-refractivity contribution in [3.63, 3.8) is 0 Å². The predicted molar refractivity (Wildman–Crippen MR) is 197 cm³/mol. The van der Waals surface area contributed by atoms with Gasteiger partial charge in [0.2, 0.25) is 11.6 Å². The SMILES string of the molecule is COc1cccc2c1C(=O)c1c(O)c3c(c(O)c1C2=O)C[C@@](O)(C(C)=O)C[C@@H]3OC1CC(NOC[C@H]2O[C@H](O[C@]3(CO)O[C@H](CO)[C@@H](O)[C@@H]3O)[C@H](O)[C@@H](O)[C@@H]2O)C(O)C(C)O1. The number of benzene rings is 2. The highest BCUT2D eigenvalue weighted by molar-refractivity contribution is 6.31. The third kappa shape index (κ3) is 7.62. The number of fused-ring (bicyclic) bond motifs is 3. The molecule has 2 aliphatic carbocycles. The van der Waals surface area contributed by atoms with Gasteiger partial charge in [0.1, 0.15) is 72.2 Å². The number of hydroxylamine groups is 1. The van der Waals surface area contributed by atoms with Crippen molar-refractivity contribution >= 4 is 17.3 Å². The lowest BCUT2D eigenvalue weighted by Crippen LogP contribution is -2.63. The van der Waals surface area contributed by atoms with Gasteiger partial charge in [-0.2, -0.15) is 5.48 Å². The second-order valence-corrected chi connectivity index (χ2v) is 15.9. The molecule has 4 unspecified atom stereocenters. The number of carbonyl (C=O) groups excluding carboxylic acids is 3. The second-order valence-electron chi connectivity index (χ2n) is 15.9. The number of nitrogens with one attached hydrogen (secondary N) is 1. The monoisotopic (exact) mass is 867 g/mol. The number of ketones is 3. The van der Waals surface area contributed by atoms with Crippen molar-refractivity contribution in [3.8, 4) is 17.2 Å². The fourth-order valence-electron chi connectivity index (χ4n) is 8.60. The van der Waals surface area contributed by atoms with E-state index in [0.717, 1.165) is 6.92 Å². The molecule has 12 N–H and O–H groups in total. The number of aliphatic hydroxyl groups is 9. The first kappa shape index (κ1) is 45.2. The first-order chi connectivity index (χ1) is 28.8. The number of ether oxygens (including phenoxy) is 6.